The van der Waals surface area contributed by atoms with Crippen LogP contribution in [0.3, 0.4) is 0 Å². The zero-order valence-electron chi connectivity index (χ0n) is 33.2. The molecule has 0 fully saturated rings. The second-order valence-corrected chi connectivity index (χ2v) is 18.1. The topological polar surface area (TPSA) is 3.24 Å². The van der Waals surface area contributed by atoms with Crippen molar-refractivity contribution in [2.45, 2.75) is 45.4 Å². The molecule has 0 bridgehead atoms. The summed E-state index contributed by atoms with van der Waals surface area (Å²) < 4.78 is 2.66. The van der Waals surface area contributed by atoms with Crippen molar-refractivity contribution in [1.82, 2.24) is 0 Å². The van der Waals surface area contributed by atoms with Crippen LogP contribution in [0, 0.1) is 0 Å². The minimum Gasteiger partial charge on any atom is -0.310 e. The molecule has 10 rings (SSSR count). The molecular weight excluding hydrogens is 707 g/mol. The van der Waals surface area contributed by atoms with Crippen molar-refractivity contribution in [3.8, 4) is 44.5 Å². The summed E-state index contributed by atoms with van der Waals surface area (Å²) in [4.78, 5) is 2.38. The maximum absolute atomic E-state index is 2.45. The first-order valence-corrected chi connectivity index (χ1v) is 20.8. The highest BCUT2D eigenvalue weighted by Gasteiger charge is 2.36. The molecule has 1 aliphatic rings. The van der Waals surface area contributed by atoms with Crippen molar-refractivity contribution in [2.24, 2.45) is 0 Å². The molecule has 0 N–H and O–H groups in total. The number of nitrogens with zero attached hydrogens (tertiary/aromatic N) is 1. The number of thiophene rings is 1. The summed E-state index contributed by atoms with van der Waals surface area (Å²) in [5.41, 5.74) is 17.7. The minimum absolute atomic E-state index is 0.0377. The van der Waals surface area contributed by atoms with Crippen LogP contribution in [-0.4, -0.2) is 0 Å². The second-order valence-electron chi connectivity index (χ2n) is 17.1. The molecule has 276 valence electrons. The van der Waals surface area contributed by atoms with Gasteiger partial charge in [0.15, 0.2) is 0 Å². The predicted octanol–water partition coefficient (Wildman–Crippen LogP) is 16.1. The van der Waals surface area contributed by atoms with E-state index >= 15 is 0 Å². The van der Waals surface area contributed by atoms with Gasteiger partial charge < -0.3 is 4.90 Å². The molecule has 0 amide bonds. The summed E-state index contributed by atoms with van der Waals surface area (Å²) in [7, 11) is 0. The van der Waals surface area contributed by atoms with Gasteiger partial charge in [-0.05, 0) is 121 Å². The summed E-state index contributed by atoms with van der Waals surface area (Å²) in [6.07, 6.45) is 0. The lowest BCUT2D eigenvalue weighted by molar-refractivity contribution is 0.584. The number of hydrogen-bond acceptors (Lipinski definition) is 2. The van der Waals surface area contributed by atoms with Crippen molar-refractivity contribution in [3.05, 3.63) is 199 Å². The molecular formula is C55H45NS. The first-order valence-electron chi connectivity index (χ1n) is 20.0. The van der Waals surface area contributed by atoms with Crippen LogP contribution in [0.25, 0.3) is 64.7 Å². The molecule has 1 nitrogen and oxygen atoms in total. The third-order valence-corrected chi connectivity index (χ3v) is 13.2. The SMILES string of the molecule is CC(C)(C)c1ccc2c(c1)C(C)(C)c1ccc(-c3ccc(N(c4ccc(-c5ccc6c(c5)sc5ccccc56)cc4)c4cccc(-c5ccccc5)c4)cc3)cc1-2. The zero-order chi connectivity index (χ0) is 38.9. The third-order valence-electron chi connectivity index (χ3n) is 12.0. The third kappa shape index (κ3) is 6.16. The van der Waals surface area contributed by atoms with Gasteiger partial charge in [0.2, 0.25) is 0 Å². The van der Waals surface area contributed by atoms with E-state index in [4.69, 9.17) is 0 Å². The molecule has 1 aliphatic carbocycles. The zero-order valence-corrected chi connectivity index (χ0v) is 34.0. The lowest BCUT2D eigenvalue weighted by atomic mass is 9.79. The van der Waals surface area contributed by atoms with Gasteiger partial charge in [-0.25, -0.2) is 0 Å². The number of anilines is 3. The Morgan fingerprint density at radius 2 is 0.982 bits per heavy atom. The summed E-state index contributed by atoms with van der Waals surface area (Å²) in [6, 6.07) is 67.5. The fraction of sp³-hybridized carbons (Fsp3) is 0.127. The normalized spacial score (nSPS) is 13.1. The maximum Gasteiger partial charge on any atom is 0.0467 e. The van der Waals surface area contributed by atoms with E-state index in [1.54, 1.807) is 0 Å². The second kappa shape index (κ2) is 13.5. The summed E-state index contributed by atoms with van der Waals surface area (Å²) in [5, 5.41) is 2.66. The molecule has 9 aromatic rings. The van der Waals surface area contributed by atoms with Crippen LogP contribution < -0.4 is 4.90 Å². The van der Waals surface area contributed by atoms with E-state index in [1.165, 1.54) is 81.4 Å². The highest BCUT2D eigenvalue weighted by molar-refractivity contribution is 7.25. The molecule has 0 atom stereocenters. The van der Waals surface area contributed by atoms with E-state index < -0.39 is 0 Å². The highest BCUT2D eigenvalue weighted by Crippen LogP contribution is 2.51. The van der Waals surface area contributed by atoms with Crippen molar-refractivity contribution < 1.29 is 0 Å². The summed E-state index contributed by atoms with van der Waals surface area (Å²) >= 11 is 1.87. The van der Waals surface area contributed by atoms with Crippen LogP contribution in [0.2, 0.25) is 0 Å². The van der Waals surface area contributed by atoms with Gasteiger partial charge in [0, 0.05) is 42.6 Å². The van der Waals surface area contributed by atoms with Gasteiger partial charge in [0.1, 0.15) is 0 Å². The quantitative estimate of drug-likeness (QED) is 0.164. The molecule has 0 saturated heterocycles. The Kier molecular flexibility index (Phi) is 8.32. The van der Waals surface area contributed by atoms with Gasteiger partial charge >= 0.3 is 0 Å². The van der Waals surface area contributed by atoms with Gasteiger partial charge in [-0.3, -0.25) is 0 Å². The molecule has 57 heavy (non-hydrogen) atoms. The predicted molar refractivity (Wildman–Crippen MR) is 247 cm³/mol. The number of rotatable bonds is 6. The summed E-state index contributed by atoms with van der Waals surface area (Å²) in [6.45, 7) is 11.6. The Balaban J connectivity index is 1.02. The van der Waals surface area contributed by atoms with Gasteiger partial charge in [-0.1, -0.05) is 162 Å². The van der Waals surface area contributed by atoms with Crippen molar-refractivity contribution in [2.75, 3.05) is 4.90 Å². The van der Waals surface area contributed by atoms with E-state index in [9.17, 15) is 0 Å². The molecule has 0 spiro atoms. The van der Waals surface area contributed by atoms with Gasteiger partial charge in [0.25, 0.3) is 0 Å². The van der Waals surface area contributed by atoms with Gasteiger partial charge in [-0.2, -0.15) is 0 Å². The molecule has 0 radical (unpaired) electrons. The van der Waals surface area contributed by atoms with Crippen molar-refractivity contribution >= 4 is 48.6 Å². The van der Waals surface area contributed by atoms with Crippen LogP contribution in [-0.2, 0) is 10.8 Å². The van der Waals surface area contributed by atoms with Crippen molar-refractivity contribution in [1.29, 1.82) is 0 Å². The molecule has 1 heterocycles. The fourth-order valence-corrected chi connectivity index (χ4v) is 9.96. The largest absolute Gasteiger partial charge is 0.310 e. The minimum atomic E-state index is -0.0377. The Hall–Kier alpha value is -6.22. The standard InChI is InChI=1S/C55H45NS/c1-54(2,3)42-24-30-46-49-33-40(23-31-50(49)55(4,5)51(46)35-42)37-18-25-43(26-19-37)56(45-15-11-14-39(32-45)36-12-7-6-8-13-36)44-27-20-38(21-28-44)41-22-29-48-47-16-9-10-17-52(47)57-53(48)34-41/h6-35H,1-5H3. The van der Waals surface area contributed by atoms with Crippen LogP contribution in [0.4, 0.5) is 17.1 Å². The molecule has 0 saturated carbocycles. The fourth-order valence-electron chi connectivity index (χ4n) is 8.81. The van der Waals surface area contributed by atoms with Crippen LogP contribution in [0.5, 0.6) is 0 Å². The lowest BCUT2D eigenvalue weighted by Crippen LogP contribution is -2.17. The van der Waals surface area contributed by atoms with E-state index in [-0.39, 0.29) is 10.8 Å². The number of benzene rings is 8. The Labute approximate surface area is 340 Å². The maximum atomic E-state index is 2.45. The molecule has 8 aromatic carbocycles. The van der Waals surface area contributed by atoms with E-state index in [0.29, 0.717) is 0 Å². The number of fused-ring (bicyclic) bond motifs is 6. The first-order chi connectivity index (χ1) is 27.6. The summed E-state index contributed by atoms with van der Waals surface area (Å²) in [5.74, 6) is 0. The van der Waals surface area contributed by atoms with Crippen molar-refractivity contribution in [3.63, 3.8) is 0 Å². The molecule has 0 aliphatic heterocycles. The monoisotopic (exact) mass is 751 g/mol. The number of hydrogen-bond donors (Lipinski definition) is 0. The lowest BCUT2D eigenvalue weighted by Gasteiger charge is -2.26. The van der Waals surface area contributed by atoms with E-state index in [2.05, 4.69) is 222 Å². The molecule has 0 unspecified atom stereocenters. The smallest absolute Gasteiger partial charge is 0.0467 e. The van der Waals surface area contributed by atoms with E-state index in [0.717, 1.165) is 17.1 Å². The van der Waals surface area contributed by atoms with Crippen LogP contribution in [0.1, 0.15) is 51.3 Å². The molecule has 1 aromatic heterocycles. The highest BCUT2D eigenvalue weighted by atomic mass is 32.1. The Bertz CT molecular complexity index is 2940. The Morgan fingerprint density at radius 3 is 1.70 bits per heavy atom. The Morgan fingerprint density at radius 1 is 0.404 bits per heavy atom. The van der Waals surface area contributed by atoms with Gasteiger partial charge in [0.05, 0.1) is 0 Å². The first kappa shape index (κ1) is 35.2. The van der Waals surface area contributed by atoms with E-state index in [1.807, 2.05) is 11.3 Å². The average Bonchev–Trinajstić information content (AvgIpc) is 3.72. The average molecular weight is 752 g/mol. The van der Waals surface area contributed by atoms with Gasteiger partial charge in [-0.15, -0.1) is 11.3 Å². The van der Waals surface area contributed by atoms with Crippen LogP contribution in [0.15, 0.2) is 182 Å². The van der Waals surface area contributed by atoms with Crippen LogP contribution >= 0.6 is 11.3 Å². The molecule has 2 heteroatoms.